The molecule has 2 heterocycles. The topological polar surface area (TPSA) is 99.9 Å². The van der Waals surface area contributed by atoms with Gasteiger partial charge < -0.3 is 19.9 Å². The molecule has 0 bridgehead atoms. The third kappa shape index (κ3) is 4.32. The van der Waals surface area contributed by atoms with Crippen molar-refractivity contribution in [3.63, 3.8) is 0 Å². The molecule has 3 rings (SSSR count). The van der Waals surface area contributed by atoms with Gasteiger partial charge in [-0.05, 0) is 12.0 Å². The Labute approximate surface area is 162 Å². The van der Waals surface area contributed by atoms with Crippen LogP contribution in [0.5, 0.6) is 0 Å². The van der Waals surface area contributed by atoms with E-state index in [1.54, 1.807) is 0 Å². The van der Waals surface area contributed by atoms with Crippen LogP contribution < -0.4 is 11.1 Å². The summed E-state index contributed by atoms with van der Waals surface area (Å²) in [5, 5.41) is 2.81. The van der Waals surface area contributed by atoms with E-state index in [9.17, 15) is 9.59 Å². The van der Waals surface area contributed by atoms with Crippen LogP contribution in [0.1, 0.15) is 27.2 Å². The first kappa shape index (κ1) is 19.0. The monoisotopic (exact) mass is 428 g/mol. The highest BCUT2D eigenvalue weighted by Gasteiger charge is 2.42. The van der Waals surface area contributed by atoms with E-state index in [0.29, 0.717) is 37.5 Å². The maximum absolute atomic E-state index is 11.9. The molecule has 1 aromatic rings. The van der Waals surface area contributed by atoms with Crippen LogP contribution in [-0.4, -0.2) is 41.4 Å². The highest BCUT2D eigenvalue weighted by Crippen LogP contribution is 2.43. The zero-order valence-corrected chi connectivity index (χ0v) is 16.0. The van der Waals surface area contributed by atoms with Gasteiger partial charge in [0.25, 0.3) is 5.91 Å². The van der Waals surface area contributed by atoms with Crippen molar-refractivity contribution in [1.82, 2.24) is 0 Å². The number of nitrogens with two attached hydrogens (primary N) is 1. The fourth-order valence-electron chi connectivity index (χ4n) is 2.94. The Hall–Kier alpha value is -0.770. The Bertz CT molecular complexity index is 697. The highest BCUT2D eigenvalue weighted by molar-refractivity contribution is 7.17. The average Bonchev–Trinajstić information content (AvgIpc) is 3.09. The summed E-state index contributed by atoms with van der Waals surface area (Å²) < 4.78 is 14.5. The number of nitrogens with one attached hydrogen (secondary N) is 1. The van der Waals surface area contributed by atoms with Gasteiger partial charge in [-0.3, -0.25) is 10.1 Å². The van der Waals surface area contributed by atoms with Gasteiger partial charge in [-0.25, -0.2) is 4.79 Å². The summed E-state index contributed by atoms with van der Waals surface area (Å²) in [6, 6.07) is 0. The zero-order chi connectivity index (χ0) is 18.2. The smallest absolute Gasteiger partial charge is 0.412 e. The number of carbonyl (C=O) groups is 2. The van der Waals surface area contributed by atoms with Crippen LogP contribution in [0.4, 0.5) is 9.80 Å². The normalized spacial score (nSPS) is 18.8. The molecule has 1 aliphatic carbocycles. The van der Waals surface area contributed by atoms with Crippen LogP contribution in [0.3, 0.4) is 0 Å². The molecule has 1 fully saturated rings. The molecule has 138 valence electrons. The predicted molar refractivity (Wildman–Crippen MR) is 94.8 cm³/mol. The molecule has 2 amide bonds. The number of hydrogen-bond acceptors (Lipinski definition) is 6. The molecule has 2 aliphatic rings. The maximum Gasteiger partial charge on any atom is 0.412 e. The Balaban J connectivity index is 1.79. The Morgan fingerprint density at radius 3 is 2.60 bits per heavy atom. The number of fused-ring (bicyclic) bond motifs is 1. The minimum absolute atomic E-state index is 0.277. The second kappa shape index (κ2) is 7.09. The van der Waals surface area contributed by atoms with Gasteiger partial charge in [0.15, 0.2) is 5.79 Å². The van der Waals surface area contributed by atoms with Gasteiger partial charge in [0.05, 0.1) is 18.8 Å². The van der Waals surface area contributed by atoms with E-state index in [2.05, 4.69) is 5.32 Å². The quantitative estimate of drug-likeness (QED) is 0.720. The summed E-state index contributed by atoms with van der Waals surface area (Å²) in [5.74, 6) is -1.28. The lowest BCUT2D eigenvalue weighted by Crippen LogP contribution is -2.36. The first-order chi connectivity index (χ1) is 11.7. The lowest BCUT2D eigenvalue weighted by molar-refractivity contribution is -0.163. The summed E-state index contributed by atoms with van der Waals surface area (Å²) >= 11 is 17.9. The minimum atomic E-state index is -1.72. The van der Waals surface area contributed by atoms with E-state index in [1.165, 1.54) is 11.3 Å². The number of rotatable bonds is 3. The third-order valence-corrected chi connectivity index (χ3v) is 5.39. The van der Waals surface area contributed by atoms with E-state index in [-0.39, 0.29) is 5.56 Å². The van der Waals surface area contributed by atoms with Gasteiger partial charge in [0.1, 0.15) is 11.6 Å². The van der Waals surface area contributed by atoms with Crippen LogP contribution in [0.25, 0.3) is 0 Å². The van der Waals surface area contributed by atoms with E-state index < -0.39 is 28.2 Å². The number of ether oxygens (including phenoxy) is 3. The van der Waals surface area contributed by atoms with Crippen molar-refractivity contribution in [3.05, 3.63) is 16.0 Å². The minimum Gasteiger partial charge on any atom is -0.445 e. The Kier molecular flexibility index (Phi) is 5.39. The molecule has 1 saturated heterocycles. The first-order valence-corrected chi connectivity index (χ1v) is 9.37. The second-order valence-electron chi connectivity index (χ2n) is 5.67. The standard InChI is InChI=1S/C14H15Cl3N2O5S/c15-14(16,17)6-22-12(21)19-11-9(10(18)20)7-1-2-13(5-8(7)25-11)23-3-4-24-13/h1-6H2,(H2,18,20)(H,19,21). The van der Waals surface area contributed by atoms with Crippen molar-refractivity contribution in [2.24, 2.45) is 5.73 Å². The molecular weight excluding hydrogens is 415 g/mol. The predicted octanol–water partition coefficient (Wildman–Crippen LogP) is 3.00. The van der Waals surface area contributed by atoms with Crippen LogP contribution >= 0.6 is 46.1 Å². The van der Waals surface area contributed by atoms with Crippen LogP contribution in [-0.2, 0) is 27.1 Å². The summed E-state index contributed by atoms with van der Waals surface area (Å²) in [7, 11) is 0. The maximum atomic E-state index is 11.9. The largest absolute Gasteiger partial charge is 0.445 e. The van der Waals surface area contributed by atoms with Gasteiger partial charge in [-0.2, -0.15) is 0 Å². The van der Waals surface area contributed by atoms with E-state index in [0.717, 1.165) is 10.4 Å². The van der Waals surface area contributed by atoms with Gasteiger partial charge in [-0.1, -0.05) is 34.8 Å². The third-order valence-electron chi connectivity index (χ3n) is 3.92. The number of primary amides is 1. The number of alkyl halides is 3. The molecule has 7 nitrogen and oxygen atoms in total. The molecular formula is C14H15Cl3N2O5S. The first-order valence-electron chi connectivity index (χ1n) is 7.42. The molecule has 0 atom stereocenters. The summed E-state index contributed by atoms with van der Waals surface area (Å²) in [5.41, 5.74) is 6.58. The van der Waals surface area contributed by atoms with Crippen molar-refractivity contribution in [1.29, 1.82) is 0 Å². The van der Waals surface area contributed by atoms with Gasteiger partial charge in [-0.15, -0.1) is 11.3 Å². The molecule has 0 unspecified atom stereocenters. The Morgan fingerprint density at radius 1 is 1.32 bits per heavy atom. The number of amides is 2. The van der Waals surface area contributed by atoms with Crippen molar-refractivity contribution < 1.29 is 23.8 Å². The number of hydrogen-bond donors (Lipinski definition) is 2. The molecule has 0 saturated carbocycles. The molecule has 0 radical (unpaired) electrons. The second-order valence-corrected chi connectivity index (χ2v) is 9.29. The average molecular weight is 430 g/mol. The van der Waals surface area contributed by atoms with Crippen molar-refractivity contribution >= 4 is 63.1 Å². The number of thiophene rings is 1. The number of carbonyl (C=O) groups excluding carboxylic acids is 2. The lowest BCUT2D eigenvalue weighted by atomic mass is 9.90. The van der Waals surface area contributed by atoms with Crippen LogP contribution in [0.15, 0.2) is 0 Å². The van der Waals surface area contributed by atoms with E-state index in [1.807, 2.05) is 0 Å². The molecule has 1 spiro atoms. The molecule has 1 aromatic heterocycles. The number of anilines is 1. The van der Waals surface area contributed by atoms with E-state index >= 15 is 0 Å². The summed E-state index contributed by atoms with van der Waals surface area (Å²) in [6.45, 7) is 0.654. The highest BCUT2D eigenvalue weighted by atomic mass is 35.6. The van der Waals surface area contributed by atoms with Crippen molar-refractivity contribution in [3.8, 4) is 0 Å². The van der Waals surface area contributed by atoms with Crippen molar-refractivity contribution in [2.75, 3.05) is 25.1 Å². The van der Waals surface area contributed by atoms with Gasteiger partial charge in [0, 0.05) is 17.7 Å². The molecule has 0 aromatic carbocycles. The fraction of sp³-hybridized carbons (Fsp3) is 0.571. The van der Waals surface area contributed by atoms with Crippen LogP contribution in [0.2, 0.25) is 0 Å². The Morgan fingerprint density at radius 2 is 2.00 bits per heavy atom. The molecule has 25 heavy (non-hydrogen) atoms. The van der Waals surface area contributed by atoms with Crippen LogP contribution in [0, 0.1) is 0 Å². The fourth-order valence-corrected chi connectivity index (χ4v) is 4.43. The van der Waals surface area contributed by atoms with Crippen molar-refractivity contribution in [2.45, 2.75) is 28.8 Å². The lowest BCUT2D eigenvalue weighted by Gasteiger charge is -2.31. The zero-order valence-electron chi connectivity index (χ0n) is 12.9. The van der Waals surface area contributed by atoms with E-state index in [4.69, 9.17) is 54.7 Å². The summed E-state index contributed by atoms with van der Waals surface area (Å²) in [4.78, 5) is 24.7. The summed E-state index contributed by atoms with van der Waals surface area (Å²) in [6.07, 6.45) is 0.844. The van der Waals surface area contributed by atoms with Gasteiger partial charge in [0.2, 0.25) is 3.79 Å². The molecule has 3 N–H and O–H groups in total. The number of halogens is 3. The molecule has 11 heteroatoms. The van der Waals surface area contributed by atoms with Gasteiger partial charge >= 0.3 is 6.09 Å². The SMILES string of the molecule is NC(=O)c1c(NC(=O)OCC(Cl)(Cl)Cl)sc2c1CCC1(C2)OCCO1. The molecule has 1 aliphatic heterocycles.